The maximum atomic E-state index is 11.8. The van der Waals surface area contributed by atoms with E-state index in [1.54, 1.807) is 19.1 Å². The van der Waals surface area contributed by atoms with Gasteiger partial charge in [-0.3, -0.25) is 0 Å². The van der Waals surface area contributed by atoms with Crippen molar-refractivity contribution in [3.8, 4) is 0 Å². The first kappa shape index (κ1) is 15.3. The summed E-state index contributed by atoms with van der Waals surface area (Å²) in [6.07, 6.45) is -4.77. The molecule has 0 radical (unpaired) electrons. The lowest BCUT2D eigenvalue weighted by Crippen LogP contribution is -2.17. The van der Waals surface area contributed by atoms with Crippen LogP contribution in [0.4, 0.5) is 13.2 Å². The Morgan fingerprint density at radius 3 is 2.39 bits per heavy atom. The molecule has 102 valence electrons. The molecule has 6 heteroatoms. The highest BCUT2D eigenvalue weighted by atomic mass is 32.2. The van der Waals surface area contributed by atoms with E-state index in [0.29, 0.717) is 5.75 Å². The molecule has 1 aromatic carbocycles. The predicted molar refractivity (Wildman–Crippen MR) is 64.7 cm³/mol. The second-order valence-corrected chi connectivity index (χ2v) is 4.93. The van der Waals surface area contributed by atoms with Crippen LogP contribution in [0.1, 0.15) is 18.6 Å². The fraction of sp³-hybridized carbons (Fsp3) is 0.500. The first-order chi connectivity index (χ1) is 8.38. The van der Waals surface area contributed by atoms with E-state index >= 15 is 0 Å². The van der Waals surface area contributed by atoms with Crippen LogP contribution in [-0.4, -0.2) is 30.2 Å². The Kier molecular flexibility index (Phi) is 5.98. The van der Waals surface area contributed by atoms with Crippen molar-refractivity contribution >= 4 is 11.8 Å². The summed E-state index contributed by atoms with van der Waals surface area (Å²) in [6.45, 7) is 0.532. The smallest absolute Gasteiger partial charge is 0.389 e. The van der Waals surface area contributed by atoms with Gasteiger partial charge < -0.3 is 9.84 Å². The fourth-order valence-corrected chi connectivity index (χ4v) is 2.01. The molecule has 0 amide bonds. The van der Waals surface area contributed by atoms with Gasteiger partial charge in [0.15, 0.2) is 0 Å². The molecule has 0 aromatic heterocycles. The lowest BCUT2D eigenvalue weighted by Gasteiger charge is -2.08. The van der Waals surface area contributed by atoms with Gasteiger partial charge in [-0.05, 0) is 24.6 Å². The number of thioether (sulfide) groups is 1. The van der Waals surface area contributed by atoms with Crippen molar-refractivity contribution in [2.24, 2.45) is 0 Å². The second kappa shape index (κ2) is 7.01. The molecule has 1 unspecified atom stereocenters. The third-order valence-corrected chi connectivity index (χ3v) is 3.10. The van der Waals surface area contributed by atoms with Crippen LogP contribution in [0.2, 0.25) is 0 Å². The number of ether oxygens (including phenoxy) is 1. The lowest BCUT2D eigenvalue weighted by molar-refractivity contribution is -0.172. The van der Waals surface area contributed by atoms with E-state index in [1.807, 2.05) is 12.1 Å². The molecule has 0 heterocycles. The molecular formula is C12H15F3O2S. The number of halogens is 3. The highest BCUT2D eigenvalue weighted by Gasteiger charge is 2.27. The largest absolute Gasteiger partial charge is 0.411 e. The quantitative estimate of drug-likeness (QED) is 0.639. The predicted octanol–water partition coefficient (Wildman–Crippen LogP) is 3.41. The zero-order valence-electron chi connectivity index (χ0n) is 9.91. The van der Waals surface area contributed by atoms with Crippen molar-refractivity contribution in [1.82, 2.24) is 0 Å². The van der Waals surface area contributed by atoms with E-state index in [1.165, 1.54) is 11.8 Å². The zero-order chi connectivity index (χ0) is 13.6. The molecule has 18 heavy (non-hydrogen) atoms. The molecule has 1 N–H and O–H groups in total. The van der Waals surface area contributed by atoms with Gasteiger partial charge in [0.1, 0.15) is 6.61 Å². The van der Waals surface area contributed by atoms with Gasteiger partial charge in [0.25, 0.3) is 0 Å². The van der Waals surface area contributed by atoms with Crippen LogP contribution in [0.15, 0.2) is 29.2 Å². The van der Waals surface area contributed by atoms with Crippen LogP contribution >= 0.6 is 11.8 Å². The van der Waals surface area contributed by atoms with Gasteiger partial charge in [-0.25, -0.2) is 0 Å². The summed E-state index contributed by atoms with van der Waals surface area (Å²) in [5.74, 6) is 0.462. The monoisotopic (exact) mass is 280 g/mol. The third-order valence-electron chi connectivity index (χ3n) is 2.12. The van der Waals surface area contributed by atoms with Gasteiger partial charge in [0, 0.05) is 10.6 Å². The number of alkyl halides is 3. The average molecular weight is 280 g/mol. The van der Waals surface area contributed by atoms with Crippen LogP contribution in [-0.2, 0) is 4.74 Å². The van der Waals surface area contributed by atoms with Gasteiger partial charge in [-0.15, -0.1) is 11.8 Å². The summed E-state index contributed by atoms with van der Waals surface area (Å²) < 4.78 is 39.8. The fourth-order valence-electron chi connectivity index (χ4n) is 1.25. The number of aliphatic hydroxyl groups excluding tert-OH is 1. The standard InChI is InChI=1S/C12H15F3O2S/c1-9(16)10-2-4-11(5-3-10)18-7-6-17-8-12(13,14)15/h2-5,9,16H,6-8H2,1H3. The number of aliphatic hydroxyl groups is 1. The summed E-state index contributed by atoms with van der Waals surface area (Å²) in [6, 6.07) is 7.25. The normalized spacial score (nSPS) is 13.6. The van der Waals surface area contributed by atoms with E-state index in [-0.39, 0.29) is 6.61 Å². The molecule has 0 fully saturated rings. The lowest BCUT2D eigenvalue weighted by atomic mass is 10.1. The van der Waals surface area contributed by atoms with Crippen LogP contribution in [0.3, 0.4) is 0 Å². The van der Waals surface area contributed by atoms with Crippen LogP contribution in [0.25, 0.3) is 0 Å². The molecule has 1 rings (SSSR count). The minimum absolute atomic E-state index is 0.0579. The van der Waals surface area contributed by atoms with Gasteiger partial charge in [0.2, 0.25) is 0 Å². The number of hydrogen-bond acceptors (Lipinski definition) is 3. The van der Waals surface area contributed by atoms with E-state index in [0.717, 1.165) is 10.5 Å². The van der Waals surface area contributed by atoms with Crippen LogP contribution < -0.4 is 0 Å². The summed E-state index contributed by atoms with van der Waals surface area (Å²) in [7, 11) is 0. The SMILES string of the molecule is CC(O)c1ccc(SCCOCC(F)(F)F)cc1. The van der Waals surface area contributed by atoms with Crippen molar-refractivity contribution in [2.45, 2.75) is 24.1 Å². The molecule has 0 aliphatic carbocycles. The Morgan fingerprint density at radius 2 is 1.89 bits per heavy atom. The minimum Gasteiger partial charge on any atom is -0.389 e. The number of hydrogen-bond donors (Lipinski definition) is 1. The van der Waals surface area contributed by atoms with E-state index in [2.05, 4.69) is 4.74 Å². The van der Waals surface area contributed by atoms with Crippen molar-refractivity contribution in [3.05, 3.63) is 29.8 Å². The van der Waals surface area contributed by atoms with Crippen molar-refractivity contribution in [1.29, 1.82) is 0 Å². The molecule has 0 saturated carbocycles. The van der Waals surface area contributed by atoms with E-state index < -0.39 is 18.9 Å². The van der Waals surface area contributed by atoms with Crippen molar-refractivity contribution < 1.29 is 23.0 Å². The highest BCUT2D eigenvalue weighted by Crippen LogP contribution is 2.21. The molecule has 1 atom stereocenters. The Balaban J connectivity index is 2.23. The molecule has 0 bridgehead atoms. The number of rotatable bonds is 6. The summed E-state index contributed by atoms with van der Waals surface area (Å²) in [5, 5.41) is 9.30. The average Bonchev–Trinajstić information content (AvgIpc) is 2.27. The molecule has 2 nitrogen and oxygen atoms in total. The van der Waals surface area contributed by atoms with E-state index in [4.69, 9.17) is 0 Å². The Bertz CT molecular complexity index is 349. The summed E-state index contributed by atoms with van der Waals surface area (Å²) in [4.78, 5) is 0.940. The summed E-state index contributed by atoms with van der Waals surface area (Å²) in [5.41, 5.74) is 0.813. The third kappa shape index (κ3) is 6.28. The second-order valence-electron chi connectivity index (χ2n) is 3.76. The maximum Gasteiger partial charge on any atom is 0.411 e. The van der Waals surface area contributed by atoms with Gasteiger partial charge in [0.05, 0.1) is 12.7 Å². The van der Waals surface area contributed by atoms with Gasteiger partial charge in [-0.1, -0.05) is 12.1 Å². The Hall–Kier alpha value is -0.720. The first-order valence-corrected chi connectivity index (χ1v) is 6.42. The summed E-state index contributed by atoms with van der Waals surface area (Å²) >= 11 is 1.42. The zero-order valence-corrected chi connectivity index (χ0v) is 10.7. The molecule has 0 spiro atoms. The van der Waals surface area contributed by atoms with Crippen LogP contribution in [0, 0.1) is 0 Å². The first-order valence-electron chi connectivity index (χ1n) is 5.44. The van der Waals surface area contributed by atoms with Gasteiger partial charge >= 0.3 is 6.18 Å². The Morgan fingerprint density at radius 1 is 1.28 bits per heavy atom. The van der Waals surface area contributed by atoms with Crippen molar-refractivity contribution in [3.63, 3.8) is 0 Å². The van der Waals surface area contributed by atoms with E-state index in [9.17, 15) is 18.3 Å². The van der Waals surface area contributed by atoms with Crippen LogP contribution in [0.5, 0.6) is 0 Å². The Labute approximate surface area is 108 Å². The topological polar surface area (TPSA) is 29.5 Å². The molecule has 0 aliphatic rings. The molecule has 0 saturated heterocycles. The molecule has 1 aromatic rings. The molecule has 0 aliphatic heterocycles. The highest BCUT2D eigenvalue weighted by molar-refractivity contribution is 7.99. The maximum absolute atomic E-state index is 11.8. The van der Waals surface area contributed by atoms with Gasteiger partial charge in [-0.2, -0.15) is 13.2 Å². The van der Waals surface area contributed by atoms with Crippen molar-refractivity contribution in [2.75, 3.05) is 19.0 Å². The minimum atomic E-state index is -4.26. The molecular weight excluding hydrogens is 265 g/mol. The number of benzene rings is 1.